The van der Waals surface area contributed by atoms with Crippen LogP contribution in [0.15, 0.2) is 36.7 Å². The van der Waals surface area contributed by atoms with Crippen LogP contribution >= 0.6 is 0 Å². The van der Waals surface area contributed by atoms with E-state index >= 15 is 8.78 Å². The standard InChI is InChI=1S/C22H22F2N6O2/c1-13-8-17(28-18(26-13)14-6-7-14)19(31)27-16-5-3-4-15(9-16)21(10-32-11-21)22(23,24)20-29-25-12-30(20)2/h3-5,8-9,12,14H,6-7,10-11H2,1-2H3,(H,27,31). The lowest BCUT2D eigenvalue weighted by molar-refractivity contribution is -0.206. The molecule has 0 radical (unpaired) electrons. The van der Waals surface area contributed by atoms with Gasteiger partial charge in [-0.1, -0.05) is 12.1 Å². The maximum Gasteiger partial charge on any atom is 0.320 e. The predicted octanol–water partition coefficient (Wildman–Crippen LogP) is 3.10. The molecule has 1 aliphatic heterocycles. The summed E-state index contributed by atoms with van der Waals surface area (Å²) < 4.78 is 37.5. The lowest BCUT2D eigenvalue weighted by Crippen LogP contribution is -2.58. The third-order valence-corrected chi connectivity index (χ3v) is 6.01. The molecular weight excluding hydrogens is 418 g/mol. The Labute approximate surface area is 183 Å². The second-order valence-corrected chi connectivity index (χ2v) is 8.48. The largest absolute Gasteiger partial charge is 0.379 e. The van der Waals surface area contributed by atoms with Crippen molar-refractivity contribution >= 4 is 11.6 Å². The van der Waals surface area contributed by atoms with Crippen LogP contribution in [0.1, 0.15) is 52.2 Å². The summed E-state index contributed by atoms with van der Waals surface area (Å²) in [5, 5.41) is 10.0. The van der Waals surface area contributed by atoms with Crippen LogP contribution in [0.25, 0.3) is 0 Å². The van der Waals surface area contributed by atoms with Crippen molar-refractivity contribution in [2.24, 2.45) is 7.05 Å². The Morgan fingerprint density at radius 1 is 1.25 bits per heavy atom. The highest BCUT2D eigenvalue weighted by Crippen LogP contribution is 2.51. The topological polar surface area (TPSA) is 94.8 Å². The third-order valence-electron chi connectivity index (χ3n) is 6.01. The smallest absolute Gasteiger partial charge is 0.320 e. The van der Waals surface area contributed by atoms with E-state index in [0.717, 1.165) is 18.5 Å². The van der Waals surface area contributed by atoms with E-state index in [0.29, 0.717) is 23.0 Å². The van der Waals surface area contributed by atoms with Crippen LogP contribution in [-0.2, 0) is 23.1 Å². The van der Waals surface area contributed by atoms with Crippen molar-refractivity contribution in [2.75, 3.05) is 18.5 Å². The monoisotopic (exact) mass is 440 g/mol. The molecule has 10 heteroatoms. The van der Waals surface area contributed by atoms with Crippen LogP contribution in [-0.4, -0.2) is 43.9 Å². The van der Waals surface area contributed by atoms with Crippen molar-refractivity contribution in [1.82, 2.24) is 24.7 Å². The molecule has 0 atom stereocenters. The number of hydrogen-bond acceptors (Lipinski definition) is 6. The van der Waals surface area contributed by atoms with E-state index in [1.165, 1.54) is 17.9 Å². The normalized spacial score (nSPS) is 17.6. The predicted molar refractivity (Wildman–Crippen MR) is 111 cm³/mol. The number of aryl methyl sites for hydroxylation is 2. The Kier molecular flexibility index (Phi) is 4.77. The molecule has 0 spiro atoms. The number of nitrogens with one attached hydrogen (secondary N) is 1. The van der Waals surface area contributed by atoms with Crippen molar-refractivity contribution in [3.8, 4) is 0 Å². The van der Waals surface area contributed by atoms with Crippen molar-refractivity contribution in [1.29, 1.82) is 0 Å². The Morgan fingerprint density at radius 3 is 2.66 bits per heavy atom. The Morgan fingerprint density at radius 2 is 2.03 bits per heavy atom. The minimum absolute atomic E-state index is 0.167. The highest BCUT2D eigenvalue weighted by Gasteiger charge is 2.63. The van der Waals surface area contributed by atoms with Crippen LogP contribution in [0.3, 0.4) is 0 Å². The van der Waals surface area contributed by atoms with Crippen LogP contribution in [0.4, 0.5) is 14.5 Å². The molecule has 1 saturated carbocycles. The number of hydrogen-bond donors (Lipinski definition) is 1. The number of nitrogens with zero attached hydrogens (tertiary/aromatic N) is 5. The quantitative estimate of drug-likeness (QED) is 0.633. The molecule has 8 nitrogen and oxygen atoms in total. The number of alkyl halides is 2. The molecule has 3 aromatic rings. The number of ether oxygens (including phenoxy) is 1. The second kappa shape index (κ2) is 7.40. The molecule has 2 fully saturated rings. The Balaban J connectivity index is 1.43. The summed E-state index contributed by atoms with van der Waals surface area (Å²) >= 11 is 0. The first-order valence-electron chi connectivity index (χ1n) is 10.4. The molecule has 1 aliphatic carbocycles. The van der Waals surface area contributed by atoms with Gasteiger partial charge in [-0.3, -0.25) is 4.79 Å². The van der Waals surface area contributed by atoms with Crippen molar-refractivity contribution < 1.29 is 18.3 Å². The van der Waals surface area contributed by atoms with Gasteiger partial charge in [-0.2, -0.15) is 8.78 Å². The van der Waals surface area contributed by atoms with Gasteiger partial charge in [0.15, 0.2) is 0 Å². The molecule has 32 heavy (non-hydrogen) atoms. The van der Waals surface area contributed by atoms with Crippen LogP contribution in [0.5, 0.6) is 0 Å². The van der Waals surface area contributed by atoms with Crippen LogP contribution in [0.2, 0.25) is 0 Å². The number of carbonyl (C=O) groups excluding carboxylic acids is 1. The summed E-state index contributed by atoms with van der Waals surface area (Å²) in [5.74, 6) is -3.17. The first-order valence-corrected chi connectivity index (χ1v) is 10.4. The number of anilines is 1. The fourth-order valence-electron chi connectivity index (χ4n) is 3.94. The molecule has 0 unspecified atom stereocenters. The highest BCUT2D eigenvalue weighted by atomic mass is 19.3. The average molecular weight is 440 g/mol. The van der Waals surface area contributed by atoms with Gasteiger partial charge in [-0.05, 0) is 43.5 Å². The van der Waals surface area contributed by atoms with E-state index in [1.54, 1.807) is 30.3 Å². The van der Waals surface area contributed by atoms with Gasteiger partial charge in [0, 0.05) is 24.3 Å². The molecule has 2 aliphatic rings. The van der Waals surface area contributed by atoms with Gasteiger partial charge in [-0.25, -0.2) is 9.97 Å². The first-order chi connectivity index (χ1) is 15.3. The zero-order chi connectivity index (χ0) is 22.5. The molecular formula is C22H22F2N6O2. The van der Waals surface area contributed by atoms with Crippen molar-refractivity contribution in [2.45, 2.75) is 37.0 Å². The number of aromatic nitrogens is 5. The van der Waals surface area contributed by atoms with Crippen molar-refractivity contribution in [3.63, 3.8) is 0 Å². The molecule has 1 N–H and O–H groups in total. The minimum atomic E-state index is -3.32. The van der Waals surface area contributed by atoms with E-state index in [1.807, 2.05) is 6.92 Å². The maximum absolute atomic E-state index is 15.6. The Hall–Kier alpha value is -3.27. The minimum Gasteiger partial charge on any atom is -0.379 e. The van der Waals surface area contributed by atoms with E-state index in [9.17, 15) is 4.79 Å². The van der Waals surface area contributed by atoms with Gasteiger partial charge in [0.25, 0.3) is 5.91 Å². The van der Waals surface area contributed by atoms with Gasteiger partial charge >= 0.3 is 5.92 Å². The summed E-state index contributed by atoms with van der Waals surface area (Å²) in [5.41, 5.74) is 0.133. The fraction of sp³-hybridized carbons (Fsp3) is 0.409. The number of benzene rings is 1. The third kappa shape index (κ3) is 3.35. The number of rotatable bonds is 6. The molecule has 1 amide bonds. The summed E-state index contributed by atoms with van der Waals surface area (Å²) in [4.78, 5) is 21.6. The molecule has 5 rings (SSSR count). The number of carbonyl (C=O) groups is 1. The van der Waals surface area contributed by atoms with Crippen molar-refractivity contribution in [3.05, 3.63) is 65.3 Å². The van der Waals surface area contributed by atoms with Crippen LogP contribution in [0, 0.1) is 6.92 Å². The number of amides is 1. The molecule has 1 aromatic carbocycles. The SMILES string of the molecule is Cc1cc(C(=O)Nc2cccc(C3(C(F)(F)c4nncn4C)COC3)c2)nc(C2CC2)n1. The molecule has 2 aromatic heterocycles. The highest BCUT2D eigenvalue weighted by molar-refractivity contribution is 6.03. The van der Waals surface area contributed by atoms with E-state index in [-0.39, 0.29) is 18.9 Å². The molecule has 0 bridgehead atoms. The van der Waals surface area contributed by atoms with Crippen LogP contribution < -0.4 is 5.32 Å². The second-order valence-electron chi connectivity index (χ2n) is 8.48. The van der Waals surface area contributed by atoms with E-state index in [4.69, 9.17) is 4.74 Å². The van der Waals surface area contributed by atoms with Gasteiger partial charge < -0.3 is 14.6 Å². The van der Waals surface area contributed by atoms with E-state index < -0.39 is 23.1 Å². The molecule has 1 saturated heterocycles. The average Bonchev–Trinajstić information content (AvgIpc) is 3.47. The van der Waals surface area contributed by atoms with Gasteiger partial charge in [0.05, 0.1) is 13.2 Å². The molecule has 166 valence electrons. The number of halogens is 2. The summed E-state index contributed by atoms with van der Waals surface area (Å²) in [6, 6.07) is 8.08. The lowest BCUT2D eigenvalue weighted by atomic mass is 9.72. The maximum atomic E-state index is 15.6. The Bertz CT molecular complexity index is 1190. The zero-order valence-electron chi connectivity index (χ0n) is 17.7. The van der Waals surface area contributed by atoms with E-state index in [2.05, 4.69) is 25.5 Å². The first kappa shape index (κ1) is 20.6. The summed E-state index contributed by atoms with van der Waals surface area (Å²) in [6.45, 7) is 1.49. The van der Waals surface area contributed by atoms with Gasteiger partial charge in [0.2, 0.25) is 5.82 Å². The fourth-order valence-corrected chi connectivity index (χ4v) is 3.94. The van der Waals surface area contributed by atoms with Gasteiger partial charge in [0.1, 0.15) is 23.3 Å². The van der Waals surface area contributed by atoms with Gasteiger partial charge in [-0.15, -0.1) is 10.2 Å². The zero-order valence-corrected chi connectivity index (χ0v) is 17.7. The lowest BCUT2D eigenvalue weighted by Gasteiger charge is -2.46. The molecule has 3 heterocycles. The summed E-state index contributed by atoms with van der Waals surface area (Å²) in [6.07, 6.45) is 3.29. The summed E-state index contributed by atoms with van der Waals surface area (Å²) in [7, 11) is 1.48.